The summed E-state index contributed by atoms with van der Waals surface area (Å²) in [5.74, 6) is -0.258. The fraction of sp³-hybridized carbons (Fsp3) is 0.850. The average molecular weight is 338 g/mol. The summed E-state index contributed by atoms with van der Waals surface area (Å²) in [5.41, 5.74) is 0. The van der Waals surface area contributed by atoms with Crippen LogP contribution in [0.3, 0.4) is 0 Å². The predicted octanol–water partition coefficient (Wildman–Crippen LogP) is 4.16. The Labute approximate surface area is 146 Å². The van der Waals surface area contributed by atoms with E-state index in [1.54, 1.807) is 6.08 Å². The second kappa shape index (κ2) is 10.3. The van der Waals surface area contributed by atoms with Crippen molar-refractivity contribution in [3.63, 3.8) is 0 Å². The van der Waals surface area contributed by atoms with Gasteiger partial charge in [0.15, 0.2) is 11.6 Å². The van der Waals surface area contributed by atoms with Gasteiger partial charge in [-0.05, 0) is 31.3 Å². The lowest BCUT2D eigenvalue weighted by Gasteiger charge is -2.35. The Morgan fingerprint density at radius 2 is 1.92 bits per heavy atom. The first-order valence-electron chi connectivity index (χ1n) is 9.83. The number of ketones is 1. The normalized spacial score (nSPS) is 24.7. The predicted molar refractivity (Wildman–Crippen MR) is 94.7 cm³/mol. The van der Waals surface area contributed by atoms with Crippen molar-refractivity contribution in [3.05, 3.63) is 12.2 Å². The fourth-order valence-corrected chi connectivity index (χ4v) is 3.76. The van der Waals surface area contributed by atoms with Gasteiger partial charge in [0, 0.05) is 12.8 Å². The van der Waals surface area contributed by atoms with E-state index in [-0.39, 0.29) is 5.78 Å². The van der Waals surface area contributed by atoms with Crippen molar-refractivity contribution in [2.45, 2.75) is 89.4 Å². The van der Waals surface area contributed by atoms with Gasteiger partial charge < -0.3 is 14.6 Å². The van der Waals surface area contributed by atoms with Gasteiger partial charge in [-0.2, -0.15) is 0 Å². The zero-order valence-corrected chi connectivity index (χ0v) is 15.2. The van der Waals surface area contributed by atoms with Gasteiger partial charge in [-0.25, -0.2) is 0 Å². The molecule has 1 aliphatic heterocycles. The van der Waals surface area contributed by atoms with Crippen LogP contribution < -0.4 is 0 Å². The molecule has 1 spiro atoms. The summed E-state index contributed by atoms with van der Waals surface area (Å²) >= 11 is 0. The third-order valence-corrected chi connectivity index (χ3v) is 5.21. The molecular weight excluding hydrogens is 304 g/mol. The smallest absolute Gasteiger partial charge is 0.183 e. The Morgan fingerprint density at radius 3 is 2.67 bits per heavy atom. The van der Waals surface area contributed by atoms with Crippen LogP contribution in [0.25, 0.3) is 0 Å². The molecule has 2 fully saturated rings. The van der Waals surface area contributed by atoms with Crippen molar-refractivity contribution >= 4 is 5.78 Å². The highest BCUT2D eigenvalue weighted by Crippen LogP contribution is 2.39. The number of hydrogen-bond donors (Lipinski definition) is 1. The van der Waals surface area contributed by atoms with Gasteiger partial charge in [0.1, 0.15) is 6.10 Å². The molecule has 24 heavy (non-hydrogen) atoms. The van der Waals surface area contributed by atoms with Crippen LogP contribution in [0.1, 0.15) is 77.6 Å². The molecule has 0 radical (unpaired) electrons. The van der Waals surface area contributed by atoms with E-state index in [9.17, 15) is 9.90 Å². The van der Waals surface area contributed by atoms with Crippen molar-refractivity contribution in [1.82, 2.24) is 0 Å². The molecule has 1 saturated carbocycles. The Hall–Kier alpha value is -0.710. The quantitative estimate of drug-likeness (QED) is 0.480. The Bertz CT molecular complexity index is 398. The molecule has 1 saturated heterocycles. The molecular formula is C20H34O4. The first kappa shape index (κ1) is 19.6. The van der Waals surface area contributed by atoms with Crippen molar-refractivity contribution in [3.8, 4) is 0 Å². The second-order valence-electron chi connectivity index (χ2n) is 7.30. The maximum absolute atomic E-state index is 12.1. The molecule has 1 heterocycles. The molecule has 1 aliphatic carbocycles. The zero-order chi connectivity index (χ0) is 17.3. The monoisotopic (exact) mass is 338 g/mol. The van der Waals surface area contributed by atoms with Crippen LogP contribution in [0.2, 0.25) is 0 Å². The van der Waals surface area contributed by atoms with E-state index in [0.29, 0.717) is 25.6 Å². The molecule has 2 rings (SSSR count). The molecule has 1 N–H and O–H groups in total. The second-order valence-corrected chi connectivity index (χ2v) is 7.30. The molecule has 0 aromatic rings. The van der Waals surface area contributed by atoms with Gasteiger partial charge in [-0.15, -0.1) is 0 Å². The van der Waals surface area contributed by atoms with E-state index in [4.69, 9.17) is 9.47 Å². The van der Waals surface area contributed by atoms with Gasteiger partial charge in [-0.3, -0.25) is 4.79 Å². The molecule has 0 unspecified atom stereocenters. The van der Waals surface area contributed by atoms with Crippen LogP contribution in [-0.4, -0.2) is 36.0 Å². The van der Waals surface area contributed by atoms with Gasteiger partial charge >= 0.3 is 0 Å². The summed E-state index contributed by atoms with van der Waals surface area (Å²) in [6.07, 6.45) is 14.2. The zero-order valence-electron chi connectivity index (χ0n) is 15.2. The summed E-state index contributed by atoms with van der Waals surface area (Å²) in [4.78, 5) is 12.1. The Balaban J connectivity index is 1.66. The summed E-state index contributed by atoms with van der Waals surface area (Å²) in [5, 5.41) is 10.0. The summed E-state index contributed by atoms with van der Waals surface area (Å²) in [6.45, 7) is 3.55. The number of ether oxygens (including phenoxy) is 2. The lowest BCUT2D eigenvalue weighted by Crippen LogP contribution is -2.36. The summed E-state index contributed by atoms with van der Waals surface area (Å²) in [6, 6.07) is 0. The van der Waals surface area contributed by atoms with Gasteiger partial charge in [0.25, 0.3) is 0 Å². The molecule has 0 aromatic carbocycles. The van der Waals surface area contributed by atoms with Gasteiger partial charge in [0.2, 0.25) is 0 Å². The molecule has 2 atom stereocenters. The number of aliphatic hydroxyl groups is 1. The lowest BCUT2D eigenvalue weighted by atomic mass is 9.84. The van der Waals surface area contributed by atoms with E-state index in [2.05, 4.69) is 6.92 Å². The third-order valence-electron chi connectivity index (χ3n) is 5.21. The van der Waals surface area contributed by atoms with Crippen LogP contribution in [0.15, 0.2) is 12.2 Å². The first-order chi connectivity index (χ1) is 11.7. The summed E-state index contributed by atoms with van der Waals surface area (Å²) < 4.78 is 11.5. The number of carbonyl (C=O) groups is 1. The minimum absolute atomic E-state index is 0.156. The highest BCUT2D eigenvalue weighted by molar-refractivity contribution is 5.93. The highest BCUT2D eigenvalue weighted by Gasteiger charge is 2.40. The van der Waals surface area contributed by atoms with Gasteiger partial charge in [-0.1, -0.05) is 51.5 Å². The molecule has 0 bridgehead atoms. The largest absolute Gasteiger partial charge is 0.385 e. The van der Waals surface area contributed by atoms with E-state index >= 15 is 0 Å². The lowest BCUT2D eigenvalue weighted by molar-refractivity contribution is -0.183. The van der Waals surface area contributed by atoms with Crippen LogP contribution in [0.4, 0.5) is 0 Å². The molecule has 4 nitrogen and oxygen atoms in total. The van der Waals surface area contributed by atoms with Crippen molar-refractivity contribution in [1.29, 1.82) is 0 Å². The number of carbonyl (C=O) groups excluding carboxylic acids is 1. The van der Waals surface area contributed by atoms with Crippen LogP contribution >= 0.6 is 0 Å². The third kappa shape index (κ3) is 6.30. The minimum Gasteiger partial charge on any atom is -0.385 e. The molecule has 2 aliphatic rings. The van der Waals surface area contributed by atoms with Crippen LogP contribution in [-0.2, 0) is 14.3 Å². The molecule has 0 aromatic heterocycles. The Morgan fingerprint density at radius 1 is 1.21 bits per heavy atom. The van der Waals surface area contributed by atoms with E-state index in [1.165, 1.54) is 25.7 Å². The molecule has 138 valence electrons. The molecule has 4 heteroatoms. The average Bonchev–Trinajstić information content (AvgIpc) is 3.03. The van der Waals surface area contributed by atoms with Crippen molar-refractivity contribution < 1.29 is 19.4 Å². The van der Waals surface area contributed by atoms with E-state index in [0.717, 1.165) is 38.5 Å². The topological polar surface area (TPSA) is 55.8 Å². The highest BCUT2D eigenvalue weighted by atomic mass is 16.7. The number of aliphatic hydroxyl groups excluding tert-OH is 1. The van der Waals surface area contributed by atoms with Crippen molar-refractivity contribution in [2.24, 2.45) is 5.92 Å². The van der Waals surface area contributed by atoms with Crippen LogP contribution in [0.5, 0.6) is 0 Å². The number of hydrogen-bond acceptors (Lipinski definition) is 4. The number of allylic oxidation sites excluding steroid dienone is 1. The number of rotatable bonds is 10. The minimum atomic E-state index is -0.844. The van der Waals surface area contributed by atoms with Crippen LogP contribution in [0, 0.1) is 5.92 Å². The van der Waals surface area contributed by atoms with E-state index in [1.807, 2.05) is 6.08 Å². The van der Waals surface area contributed by atoms with Gasteiger partial charge in [0.05, 0.1) is 13.2 Å². The number of unbranched alkanes of at least 4 members (excludes halogenated alkanes) is 5. The SMILES string of the molecule is CCCCCCCC[C@H](O)C(=O)/C=C/[C@@H]1CCCC2(C1)OCCO2. The van der Waals surface area contributed by atoms with Crippen molar-refractivity contribution in [2.75, 3.05) is 13.2 Å². The maximum Gasteiger partial charge on any atom is 0.183 e. The standard InChI is InChI=1S/C20H34O4/c1-2-3-4-5-6-7-10-18(21)19(22)12-11-17-9-8-13-20(16-17)23-14-15-24-20/h11-12,17-18,21H,2-10,13-16H2,1H3/b12-11+/t17-,18-/m0/s1. The Kier molecular flexibility index (Phi) is 8.43. The summed E-state index contributed by atoms with van der Waals surface area (Å²) in [7, 11) is 0. The van der Waals surface area contributed by atoms with E-state index < -0.39 is 11.9 Å². The maximum atomic E-state index is 12.1. The molecule has 0 amide bonds. The fourth-order valence-electron chi connectivity index (χ4n) is 3.76. The first-order valence-corrected chi connectivity index (χ1v) is 9.83.